The number of methoxy groups -OCH3 is 1. The number of hydrogen-bond donors (Lipinski definition) is 1. The first-order valence-electron chi connectivity index (χ1n) is 10.2. The highest BCUT2D eigenvalue weighted by molar-refractivity contribution is 7.92. The number of carboxylic acids is 1. The summed E-state index contributed by atoms with van der Waals surface area (Å²) in [6.07, 6.45) is 0.0608. The van der Waals surface area contributed by atoms with Crippen LogP contribution in [-0.4, -0.2) is 32.4 Å². The van der Waals surface area contributed by atoms with Crippen molar-refractivity contribution < 1.29 is 27.9 Å². The summed E-state index contributed by atoms with van der Waals surface area (Å²) in [7, 11) is -2.66. The quantitative estimate of drug-likeness (QED) is 0.505. The molecular formula is C25H25NO6S. The maximum Gasteiger partial charge on any atom is 0.337 e. The Kier molecular flexibility index (Phi) is 7.18. The topological polar surface area (TPSA) is 101 Å². The Labute approximate surface area is 193 Å². The van der Waals surface area contributed by atoms with E-state index in [4.69, 9.17) is 4.74 Å². The van der Waals surface area contributed by atoms with Crippen LogP contribution in [-0.2, 0) is 27.8 Å². The summed E-state index contributed by atoms with van der Waals surface area (Å²) in [5, 5.41) is 9.95. The predicted octanol–water partition coefficient (Wildman–Crippen LogP) is 4.23. The van der Waals surface area contributed by atoms with Gasteiger partial charge in [-0.3, -0.25) is 9.10 Å². The summed E-state index contributed by atoms with van der Waals surface area (Å²) in [6.45, 7) is 2.99. The number of aryl methyl sites for hydroxylation is 1. The second-order valence-corrected chi connectivity index (χ2v) is 9.53. The fourth-order valence-electron chi connectivity index (χ4n) is 3.65. The molecule has 172 valence electrons. The molecule has 0 spiro atoms. The molecule has 8 heteroatoms. The van der Waals surface area contributed by atoms with Crippen molar-refractivity contribution >= 4 is 27.5 Å². The predicted molar refractivity (Wildman–Crippen MR) is 125 cm³/mol. The van der Waals surface area contributed by atoms with E-state index in [-0.39, 0.29) is 34.9 Å². The third-order valence-corrected chi connectivity index (χ3v) is 6.87. The molecule has 33 heavy (non-hydrogen) atoms. The van der Waals surface area contributed by atoms with Gasteiger partial charge in [0.05, 0.1) is 29.8 Å². The lowest BCUT2D eigenvalue weighted by Gasteiger charge is -2.28. The van der Waals surface area contributed by atoms with Crippen molar-refractivity contribution in [1.82, 2.24) is 0 Å². The van der Waals surface area contributed by atoms with Crippen LogP contribution in [0.3, 0.4) is 0 Å². The number of anilines is 1. The van der Waals surface area contributed by atoms with Gasteiger partial charge in [0.1, 0.15) is 11.5 Å². The van der Waals surface area contributed by atoms with Crippen molar-refractivity contribution in [3.8, 4) is 5.75 Å². The molecule has 1 N–H and O–H groups in total. The van der Waals surface area contributed by atoms with E-state index in [9.17, 15) is 23.1 Å². The van der Waals surface area contributed by atoms with Crippen molar-refractivity contribution in [2.24, 2.45) is 0 Å². The number of Topliss-reactive ketones (excluding diaryl/α,β-unsaturated/α-hetero) is 1. The van der Waals surface area contributed by atoms with Crippen LogP contribution in [0.25, 0.3) is 0 Å². The van der Waals surface area contributed by atoms with E-state index in [2.05, 4.69) is 0 Å². The van der Waals surface area contributed by atoms with Crippen molar-refractivity contribution in [3.05, 3.63) is 89.0 Å². The van der Waals surface area contributed by atoms with Gasteiger partial charge in [0, 0.05) is 6.42 Å². The van der Waals surface area contributed by atoms with Gasteiger partial charge in [-0.1, -0.05) is 36.4 Å². The third kappa shape index (κ3) is 5.40. The molecule has 3 rings (SSSR count). The van der Waals surface area contributed by atoms with Crippen LogP contribution >= 0.6 is 0 Å². The number of carbonyl (C=O) groups is 2. The Morgan fingerprint density at radius 1 is 0.970 bits per heavy atom. The van der Waals surface area contributed by atoms with Crippen molar-refractivity contribution in [3.63, 3.8) is 0 Å². The molecule has 0 saturated carbocycles. The third-order valence-electron chi connectivity index (χ3n) is 5.11. The number of aromatic carboxylic acids is 1. The Bertz CT molecular complexity index is 1270. The summed E-state index contributed by atoms with van der Waals surface area (Å²) < 4.78 is 33.8. The standard InChI is InChI=1S/C25H25NO6S/c1-17-13-20(14-18(2)27)15-23(25(28)29)24(17)26(16-19-7-5-4-6-8-19)33(30,31)22-11-9-21(32-3)10-12-22/h4-13,15H,14,16H2,1-3H3,(H,28,29). The Morgan fingerprint density at radius 3 is 2.15 bits per heavy atom. The lowest BCUT2D eigenvalue weighted by molar-refractivity contribution is -0.116. The van der Waals surface area contributed by atoms with Gasteiger partial charge < -0.3 is 9.84 Å². The Hall–Kier alpha value is -3.65. The van der Waals surface area contributed by atoms with Gasteiger partial charge in [-0.2, -0.15) is 0 Å². The number of carboxylic acid groups (broad SMARTS) is 1. The Morgan fingerprint density at radius 2 is 1.61 bits per heavy atom. The number of nitrogens with zero attached hydrogens (tertiary/aromatic N) is 1. The smallest absolute Gasteiger partial charge is 0.337 e. The van der Waals surface area contributed by atoms with Gasteiger partial charge in [-0.05, 0) is 60.9 Å². The molecule has 0 radical (unpaired) electrons. The molecule has 0 unspecified atom stereocenters. The van der Waals surface area contributed by atoms with E-state index in [1.807, 2.05) is 6.07 Å². The lowest BCUT2D eigenvalue weighted by atomic mass is 10.00. The molecule has 0 aromatic heterocycles. The minimum atomic E-state index is -4.14. The summed E-state index contributed by atoms with van der Waals surface area (Å²) in [5.74, 6) is -0.897. The molecule has 7 nitrogen and oxygen atoms in total. The maximum absolute atomic E-state index is 13.8. The zero-order valence-electron chi connectivity index (χ0n) is 18.6. The highest BCUT2D eigenvalue weighted by atomic mass is 32.2. The second kappa shape index (κ2) is 9.87. The minimum absolute atomic E-state index is 0.00258. The molecule has 3 aromatic rings. The van der Waals surface area contributed by atoms with Gasteiger partial charge in [0.15, 0.2) is 0 Å². The number of ketones is 1. The maximum atomic E-state index is 13.8. The zero-order valence-corrected chi connectivity index (χ0v) is 19.4. The SMILES string of the molecule is COc1ccc(S(=O)(=O)N(Cc2ccccc2)c2c(C)cc(CC(C)=O)cc2C(=O)O)cc1. The first-order chi connectivity index (χ1) is 15.6. The molecular weight excluding hydrogens is 442 g/mol. The molecule has 3 aromatic carbocycles. The van der Waals surface area contributed by atoms with Gasteiger partial charge in [-0.15, -0.1) is 0 Å². The number of hydrogen-bond acceptors (Lipinski definition) is 5. The van der Waals surface area contributed by atoms with E-state index in [1.165, 1.54) is 44.4 Å². The Balaban J connectivity index is 2.23. The van der Waals surface area contributed by atoms with Crippen LogP contribution in [0.15, 0.2) is 71.6 Å². The van der Waals surface area contributed by atoms with Gasteiger partial charge in [-0.25, -0.2) is 13.2 Å². The van der Waals surface area contributed by atoms with Crippen LogP contribution in [0.4, 0.5) is 5.69 Å². The van der Waals surface area contributed by atoms with Gasteiger partial charge in [0.25, 0.3) is 10.0 Å². The minimum Gasteiger partial charge on any atom is -0.497 e. The molecule has 0 atom stereocenters. The highest BCUT2D eigenvalue weighted by Crippen LogP contribution is 2.34. The number of carbonyl (C=O) groups excluding carboxylic acids is 1. The molecule has 0 aliphatic rings. The largest absolute Gasteiger partial charge is 0.497 e. The van der Waals surface area contributed by atoms with Gasteiger partial charge >= 0.3 is 5.97 Å². The molecule has 0 aliphatic heterocycles. The van der Waals surface area contributed by atoms with Crippen LogP contribution < -0.4 is 9.04 Å². The number of benzene rings is 3. The van der Waals surface area contributed by atoms with E-state index < -0.39 is 16.0 Å². The van der Waals surface area contributed by atoms with Crippen LogP contribution in [0.2, 0.25) is 0 Å². The number of rotatable bonds is 9. The first kappa shape index (κ1) is 24.0. The number of sulfonamides is 1. The molecule has 0 aliphatic carbocycles. The average Bonchev–Trinajstić information content (AvgIpc) is 2.77. The van der Waals surface area contributed by atoms with Crippen molar-refractivity contribution in [2.45, 2.75) is 31.7 Å². The summed E-state index contributed by atoms with van der Waals surface area (Å²) in [4.78, 5) is 23.8. The van der Waals surface area contributed by atoms with Crippen molar-refractivity contribution in [2.75, 3.05) is 11.4 Å². The summed E-state index contributed by atoms with van der Waals surface area (Å²) >= 11 is 0. The van der Waals surface area contributed by atoms with Gasteiger partial charge in [0.2, 0.25) is 0 Å². The fraction of sp³-hybridized carbons (Fsp3) is 0.200. The van der Waals surface area contributed by atoms with E-state index >= 15 is 0 Å². The lowest BCUT2D eigenvalue weighted by Crippen LogP contribution is -2.32. The number of ether oxygens (including phenoxy) is 1. The van der Waals surface area contributed by atoms with Crippen LogP contribution in [0.1, 0.15) is 34.0 Å². The summed E-state index contributed by atoms with van der Waals surface area (Å²) in [6, 6.07) is 17.9. The summed E-state index contributed by atoms with van der Waals surface area (Å²) in [5.41, 5.74) is 1.54. The first-order valence-corrected chi connectivity index (χ1v) is 11.6. The molecule has 0 amide bonds. The molecule has 0 saturated heterocycles. The highest BCUT2D eigenvalue weighted by Gasteiger charge is 2.30. The zero-order chi connectivity index (χ0) is 24.2. The van der Waals surface area contributed by atoms with E-state index in [1.54, 1.807) is 37.3 Å². The van der Waals surface area contributed by atoms with Crippen LogP contribution in [0, 0.1) is 6.92 Å². The second-order valence-electron chi connectivity index (χ2n) is 7.67. The normalized spacial score (nSPS) is 11.1. The average molecular weight is 468 g/mol. The molecule has 0 bridgehead atoms. The molecule has 0 fully saturated rings. The van der Waals surface area contributed by atoms with Crippen LogP contribution in [0.5, 0.6) is 5.75 Å². The monoisotopic (exact) mass is 467 g/mol. The van der Waals surface area contributed by atoms with E-state index in [0.29, 0.717) is 22.4 Å². The molecule has 0 heterocycles. The van der Waals surface area contributed by atoms with Crippen molar-refractivity contribution in [1.29, 1.82) is 0 Å². The van der Waals surface area contributed by atoms with E-state index in [0.717, 1.165) is 4.31 Å². The fourth-order valence-corrected chi connectivity index (χ4v) is 5.18.